The van der Waals surface area contributed by atoms with Crippen molar-refractivity contribution in [2.45, 2.75) is 31.8 Å². The lowest BCUT2D eigenvalue weighted by atomic mass is 9.80. The first-order valence-corrected chi connectivity index (χ1v) is 7.84. The second-order valence-electron chi connectivity index (χ2n) is 5.93. The lowest BCUT2D eigenvalue weighted by Crippen LogP contribution is -2.49. The number of ether oxygens (including phenoxy) is 3. The van der Waals surface area contributed by atoms with Crippen LogP contribution in [0.5, 0.6) is 11.5 Å². The van der Waals surface area contributed by atoms with Crippen molar-refractivity contribution in [3.63, 3.8) is 0 Å². The molecule has 1 aromatic rings. The number of nitrogens with zero attached hydrogens (tertiary/aromatic N) is 1. The molecule has 1 spiro atoms. The fourth-order valence-corrected chi connectivity index (χ4v) is 3.70. The summed E-state index contributed by atoms with van der Waals surface area (Å²) in [5.74, 6) is 1.62. The van der Waals surface area contributed by atoms with Crippen LogP contribution < -0.4 is 9.47 Å². The van der Waals surface area contributed by atoms with Gasteiger partial charge in [0.05, 0.1) is 20.8 Å². The van der Waals surface area contributed by atoms with Crippen LogP contribution in [0, 0.1) is 0 Å². The Morgan fingerprint density at radius 3 is 2.71 bits per heavy atom. The van der Waals surface area contributed by atoms with Crippen molar-refractivity contribution in [1.82, 2.24) is 4.90 Å². The zero-order valence-corrected chi connectivity index (χ0v) is 13.3. The van der Waals surface area contributed by atoms with Gasteiger partial charge in [0.2, 0.25) is 0 Å². The summed E-state index contributed by atoms with van der Waals surface area (Å²) in [7, 11) is 3.39. The van der Waals surface area contributed by atoms with Crippen molar-refractivity contribution in [2.75, 3.05) is 40.5 Å². The van der Waals surface area contributed by atoms with Gasteiger partial charge in [-0.3, -0.25) is 0 Å². The van der Waals surface area contributed by atoms with Gasteiger partial charge in [0.25, 0.3) is 0 Å². The normalized spacial score (nSPS) is 25.7. The van der Waals surface area contributed by atoms with E-state index in [1.807, 2.05) is 0 Å². The molecule has 2 aliphatic rings. The molecule has 116 valence electrons. The monoisotopic (exact) mass is 291 g/mol. The molecule has 0 saturated carbocycles. The summed E-state index contributed by atoms with van der Waals surface area (Å²) >= 11 is 0. The molecule has 1 aromatic carbocycles. The van der Waals surface area contributed by atoms with Crippen LogP contribution in [0.3, 0.4) is 0 Å². The highest BCUT2D eigenvalue weighted by atomic mass is 16.5. The molecular weight excluding hydrogens is 266 g/mol. The molecule has 0 radical (unpaired) electrons. The molecule has 0 aromatic heterocycles. The molecule has 4 nitrogen and oxygen atoms in total. The second kappa shape index (κ2) is 5.85. The summed E-state index contributed by atoms with van der Waals surface area (Å²) in [6.45, 7) is 6.24. The molecule has 1 unspecified atom stereocenters. The first-order valence-electron chi connectivity index (χ1n) is 7.84. The predicted molar refractivity (Wildman–Crippen MR) is 82.2 cm³/mol. The lowest BCUT2D eigenvalue weighted by molar-refractivity contribution is -0.103. The Morgan fingerprint density at radius 1 is 1.24 bits per heavy atom. The van der Waals surface area contributed by atoms with Gasteiger partial charge in [-0.25, -0.2) is 0 Å². The Balaban J connectivity index is 2.04. The lowest BCUT2D eigenvalue weighted by Gasteiger charge is -2.46. The van der Waals surface area contributed by atoms with E-state index in [2.05, 4.69) is 24.0 Å². The first kappa shape index (κ1) is 14.7. The predicted octanol–water partition coefficient (Wildman–Crippen LogP) is 2.59. The zero-order chi connectivity index (χ0) is 14.9. The number of benzene rings is 1. The molecule has 3 rings (SSSR count). The van der Waals surface area contributed by atoms with E-state index < -0.39 is 0 Å². The van der Waals surface area contributed by atoms with Crippen molar-refractivity contribution in [3.05, 3.63) is 23.3 Å². The van der Waals surface area contributed by atoms with Gasteiger partial charge in [0, 0.05) is 6.54 Å². The Kier molecular flexibility index (Phi) is 4.09. The molecule has 0 aliphatic carbocycles. The Bertz CT molecular complexity index is 517. The van der Waals surface area contributed by atoms with Gasteiger partial charge in [0.15, 0.2) is 11.5 Å². The summed E-state index contributed by atoms with van der Waals surface area (Å²) < 4.78 is 17.2. The Labute approximate surface area is 127 Å². The summed E-state index contributed by atoms with van der Waals surface area (Å²) in [6.07, 6.45) is 3.22. The average molecular weight is 291 g/mol. The van der Waals surface area contributed by atoms with Gasteiger partial charge >= 0.3 is 0 Å². The maximum Gasteiger partial charge on any atom is 0.161 e. The number of piperidine rings is 1. The quantitative estimate of drug-likeness (QED) is 0.856. The summed E-state index contributed by atoms with van der Waals surface area (Å²) in [6, 6.07) is 4.26. The maximum atomic E-state index is 6.30. The van der Waals surface area contributed by atoms with Crippen molar-refractivity contribution in [3.8, 4) is 11.5 Å². The third-order valence-corrected chi connectivity index (χ3v) is 4.83. The number of likely N-dealkylation sites (tertiary alicyclic amines) is 1. The van der Waals surface area contributed by atoms with E-state index in [4.69, 9.17) is 14.2 Å². The minimum atomic E-state index is -0.165. The van der Waals surface area contributed by atoms with E-state index in [1.165, 1.54) is 24.1 Å². The highest BCUT2D eigenvalue weighted by Gasteiger charge is 2.41. The zero-order valence-electron chi connectivity index (χ0n) is 13.3. The number of hydrogen-bond donors (Lipinski definition) is 0. The van der Waals surface area contributed by atoms with Crippen LogP contribution in [-0.2, 0) is 16.8 Å². The van der Waals surface area contributed by atoms with Crippen molar-refractivity contribution >= 4 is 0 Å². The van der Waals surface area contributed by atoms with Gasteiger partial charge < -0.3 is 19.1 Å². The number of methoxy groups -OCH3 is 2. The summed E-state index contributed by atoms with van der Waals surface area (Å²) in [5.41, 5.74) is 2.47. The van der Waals surface area contributed by atoms with Crippen LogP contribution in [0.4, 0.5) is 0 Å². The van der Waals surface area contributed by atoms with E-state index in [-0.39, 0.29) is 5.60 Å². The topological polar surface area (TPSA) is 30.9 Å². The average Bonchev–Trinajstić information content (AvgIpc) is 2.54. The SMILES string of the molecule is CCN1CCCC2(C1)OCCc1cc(OC)c(OC)cc12. The van der Waals surface area contributed by atoms with Gasteiger partial charge in [-0.1, -0.05) is 6.92 Å². The fourth-order valence-electron chi connectivity index (χ4n) is 3.70. The third-order valence-electron chi connectivity index (χ3n) is 4.83. The molecule has 0 amide bonds. The molecule has 1 fully saturated rings. The van der Waals surface area contributed by atoms with Crippen molar-refractivity contribution in [1.29, 1.82) is 0 Å². The van der Waals surface area contributed by atoms with Gasteiger partial charge in [0.1, 0.15) is 5.60 Å². The molecule has 4 heteroatoms. The molecular formula is C17H25NO3. The third kappa shape index (κ3) is 2.51. The van der Waals surface area contributed by atoms with Crippen LogP contribution in [0.15, 0.2) is 12.1 Å². The number of fused-ring (bicyclic) bond motifs is 2. The molecule has 2 aliphatic heterocycles. The summed E-state index contributed by atoms with van der Waals surface area (Å²) in [4.78, 5) is 2.48. The van der Waals surface area contributed by atoms with Crippen LogP contribution in [0.2, 0.25) is 0 Å². The standard InChI is InChI=1S/C17H25NO3/c1-4-18-8-5-7-17(12-18)14-11-16(20-3)15(19-2)10-13(14)6-9-21-17/h10-11H,4-9,12H2,1-3H3. The van der Waals surface area contributed by atoms with Crippen molar-refractivity contribution < 1.29 is 14.2 Å². The van der Waals surface area contributed by atoms with Crippen LogP contribution in [0.25, 0.3) is 0 Å². The smallest absolute Gasteiger partial charge is 0.161 e. The Hall–Kier alpha value is -1.26. The van der Waals surface area contributed by atoms with Gasteiger partial charge in [-0.2, -0.15) is 0 Å². The van der Waals surface area contributed by atoms with Crippen molar-refractivity contribution in [2.24, 2.45) is 0 Å². The van der Waals surface area contributed by atoms with Gasteiger partial charge in [-0.05, 0) is 55.6 Å². The highest BCUT2D eigenvalue weighted by molar-refractivity contribution is 5.50. The highest BCUT2D eigenvalue weighted by Crippen LogP contribution is 2.44. The minimum Gasteiger partial charge on any atom is -0.493 e. The second-order valence-corrected chi connectivity index (χ2v) is 5.93. The van der Waals surface area contributed by atoms with Crippen LogP contribution in [0.1, 0.15) is 30.9 Å². The van der Waals surface area contributed by atoms with E-state index in [0.29, 0.717) is 0 Å². The van der Waals surface area contributed by atoms with E-state index in [0.717, 1.165) is 44.0 Å². The van der Waals surface area contributed by atoms with Crippen LogP contribution in [-0.4, -0.2) is 45.4 Å². The molecule has 2 heterocycles. The van der Waals surface area contributed by atoms with E-state index >= 15 is 0 Å². The largest absolute Gasteiger partial charge is 0.493 e. The van der Waals surface area contributed by atoms with Crippen LogP contribution >= 0.6 is 0 Å². The molecule has 0 N–H and O–H groups in total. The maximum absolute atomic E-state index is 6.30. The van der Waals surface area contributed by atoms with Gasteiger partial charge in [-0.15, -0.1) is 0 Å². The Morgan fingerprint density at radius 2 is 2.00 bits per heavy atom. The number of hydrogen-bond acceptors (Lipinski definition) is 4. The molecule has 1 saturated heterocycles. The van der Waals surface area contributed by atoms with E-state index in [9.17, 15) is 0 Å². The molecule has 0 bridgehead atoms. The minimum absolute atomic E-state index is 0.165. The summed E-state index contributed by atoms with van der Waals surface area (Å²) in [5, 5.41) is 0. The first-order chi connectivity index (χ1) is 10.2. The molecule has 21 heavy (non-hydrogen) atoms. The van der Waals surface area contributed by atoms with E-state index in [1.54, 1.807) is 14.2 Å². The fraction of sp³-hybridized carbons (Fsp3) is 0.647. The number of rotatable bonds is 3. The molecule has 1 atom stereocenters. The number of likely N-dealkylation sites (N-methyl/N-ethyl adjacent to an activating group) is 1.